The van der Waals surface area contributed by atoms with Crippen LogP contribution in [0.3, 0.4) is 0 Å². The Kier molecular flexibility index (Phi) is 4.44. The first-order valence-electron chi connectivity index (χ1n) is 5.58. The lowest BCUT2D eigenvalue weighted by Gasteiger charge is -2.08. The molecule has 19 heavy (non-hydrogen) atoms. The predicted octanol–water partition coefficient (Wildman–Crippen LogP) is 2.76. The third kappa shape index (κ3) is 3.71. The monoisotopic (exact) mass is 337 g/mol. The van der Waals surface area contributed by atoms with Gasteiger partial charge in [-0.05, 0) is 19.1 Å². The minimum absolute atomic E-state index is 0.233. The molecule has 0 aliphatic carbocycles. The van der Waals surface area contributed by atoms with Crippen molar-refractivity contribution < 1.29 is 4.74 Å². The second kappa shape index (κ2) is 6.08. The quantitative estimate of drug-likeness (QED) is 0.869. The maximum atomic E-state index is 5.58. The maximum absolute atomic E-state index is 5.58. The van der Waals surface area contributed by atoms with Crippen LogP contribution in [0.2, 0.25) is 0 Å². The molecule has 0 radical (unpaired) electrons. The fraction of sp³-hybridized carbons (Fsp3) is 0.154. The summed E-state index contributed by atoms with van der Waals surface area (Å²) in [5, 5.41) is 0. The average molecular weight is 338 g/mol. The van der Waals surface area contributed by atoms with Gasteiger partial charge in [-0.2, -0.15) is 4.98 Å². The fourth-order valence-electron chi connectivity index (χ4n) is 1.49. The molecular formula is C13H12BrN3OS. The van der Waals surface area contributed by atoms with Gasteiger partial charge in [0.15, 0.2) is 0 Å². The van der Waals surface area contributed by atoms with Gasteiger partial charge in [-0.3, -0.25) is 0 Å². The number of aromatic nitrogens is 2. The summed E-state index contributed by atoms with van der Waals surface area (Å²) in [5.74, 6) is 0. The van der Waals surface area contributed by atoms with E-state index in [0.29, 0.717) is 12.3 Å². The van der Waals surface area contributed by atoms with Gasteiger partial charge in [0.25, 0.3) is 0 Å². The Hall–Kier alpha value is -1.53. The molecule has 2 rings (SSSR count). The molecule has 6 heteroatoms. The molecule has 0 amide bonds. The van der Waals surface area contributed by atoms with E-state index < -0.39 is 0 Å². The first-order chi connectivity index (χ1) is 9.06. The summed E-state index contributed by atoms with van der Waals surface area (Å²) in [6.45, 7) is 2.22. The van der Waals surface area contributed by atoms with Crippen molar-refractivity contribution in [2.45, 2.75) is 13.5 Å². The zero-order chi connectivity index (χ0) is 13.8. The first-order valence-corrected chi connectivity index (χ1v) is 6.78. The van der Waals surface area contributed by atoms with Crippen molar-refractivity contribution in [3.05, 3.63) is 51.8 Å². The van der Waals surface area contributed by atoms with E-state index in [0.717, 1.165) is 15.7 Å². The lowest BCUT2D eigenvalue weighted by Crippen LogP contribution is -2.13. The van der Waals surface area contributed by atoms with Crippen LogP contribution in [-0.4, -0.2) is 15.0 Å². The number of benzene rings is 1. The number of aryl methyl sites for hydroxylation is 1. The lowest BCUT2D eigenvalue weighted by molar-refractivity contribution is 0.279. The Morgan fingerprint density at radius 3 is 2.79 bits per heavy atom. The van der Waals surface area contributed by atoms with Crippen LogP contribution in [0, 0.1) is 6.92 Å². The number of hydrogen-bond donors (Lipinski definition) is 1. The van der Waals surface area contributed by atoms with Gasteiger partial charge in [0, 0.05) is 15.7 Å². The highest BCUT2D eigenvalue weighted by atomic mass is 79.9. The van der Waals surface area contributed by atoms with E-state index in [1.807, 2.05) is 31.2 Å². The molecule has 0 aliphatic heterocycles. The minimum atomic E-state index is 0.233. The summed E-state index contributed by atoms with van der Waals surface area (Å²) in [6, 6.07) is 9.82. The van der Waals surface area contributed by atoms with Gasteiger partial charge in [-0.15, -0.1) is 0 Å². The normalized spacial score (nSPS) is 10.2. The molecular weight excluding hydrogens is 326 g/mol. The largest absolute Gasteiger partial charge is 0.459 e. The Balaban J connectivity index is 2.16. The third-order valence-corrected chi connectivity index (χ3v) is 3.38. The standard InChI is InChI=1S/C13H12BrN3OS/c1-8-6-11(12(15)19)17-13(16-8)18-7-9-4-2-3-5-10(9)14/h2-6H,7H2,1H3,(H2,15,19). The number of ether oxygens (including phenoxy) is 1. The van der Waals surface area contributed by atoms with E-state index in [-0.39, 0.29) is 11.0 Å². The van der Waals surface area contributed by atoms with E-state index in [9.17, 15) is 0 Å². The lowest BCUT2D eigenvalue weighted by atomic mass is 10.2. The Bertz CT molecular complexity index is 619. The van der Waals surface area contributed by atoms with Crippen LogP contribution in [0.25, 0.3) is 0 Å². The van der Waals surface area contributed by atoms with E-state index in [2.05, 4.69) is 25.9 Å². The molecule has 1 aromatic carbocycles. The Labute approximate surface area is 125 Å². The van der Waals surface area contributed by atoms with Gasteiger partial charge < -0.3 is 10.5 Å². The maximum Gasteiger partial charge on any atom is 0.317 e. The summed E-state index contributed by atoms with van der Waals surface area (Å²) in [7, 11) is 0. The van der Waals surface area contributed by atoms with Crippen LogP contribution in [0.1, 0.15) is 17.0 Å². The SMILES string of the molecule is Cc1cc(C(N)=S)nc(OCc2ccccc2Br)n1. The second-order valence-electron chi connectivity index (χ2n) is 3.92. The number of nitrogens with two attached hydrogens (primary N) is 1. The van der Waals surface area contributed by atoms with Crippen LogP contribution in [0.5, 0.6) is 6.01 Å². The van der Waals surface area contributed by atoms with Crippen LogP contribution in [-0.2, 0) is 6.61 Å². The van der Waals surface area contributed by atoms with Crippen molar-refractivity contribution in [1.82, 2.24) is 9.97 Å². The summed E-state index contributed by atoms with van der Waals surface area (Å²) in [5.41, 5.74) is 7.86. The van der Waals surface area contributed by atoms with Gasteiger partial charge in [0.05, 0.1) is 0 Å². The molecule has 1 heterocycles. The molecule has 2 aromatic rings. The van der Waals surface area contributed by atoms with E-state index in [1.54, 1.807) is 6.07 Å². The second-order valence-corrected chi connectivity index (χ2v) is 5.22. The van der Waals surface area contributed by atoms with Gasteiger partial charge >= 0.3 is 6.01 Å². The number of nitrogens with zero attached hydrogens (tertiary/aromatic N) is 2. The van der Waals surface area contributed by atoms with Crippen LogP contribution < -0.4 is 10.5 Å². The highest BCUT2D eigenvalue weighted by molar-refractivity contribution is 9.10. The smallest absolute Gasteiger partial charge is 0.317 e. The molecule has 0 saturated carbocycles. The van der Waals surface area contributed by atoms with Crippen molar-refractivity contribution in [2.75, 3.05) is 0 Å². The van der Waals surface area contributed by atoms with Crippen LogP contribution >= 0.6 is 28.1 Å². The summed E-state index contributed by atoms with van der Waals surface area (Å²) < 4.78 is 6.56. The molecule has 0 aliphatic rings. The molecule has 0 bridgehead atoms. The minimum Gasteiger partial charge on any atom is -0.459 e. The van der Waals surface area contributed by atoms with E-state index in [1.165, 1.54) is 0 Å². The molecule has 4 nitrogen and oxygen atoms in total. The van der Waals surface area contributed by atoms with Crippen molar-refractivity contribution in [1.29, 1.82) is 0 Å². The highest BCUT2D eigenvalue weighted by Crippen LogP contribution is 2.17. The van der Waals surface area contributed by atoms with Gasteiger partial charge in [-0.25, -0.2) is 4.98 Å². The van der Waals surface area contributed by atoms with Crippen molar-refractivity contribution in [2.24, 2.45) is 5.73 Å². The van der Waals surface area contributed by atoms with Crippen molar-refractivity contribution in [3.63, 3.8) is 0 Å². The fourth-order valence-corrected chi connectivity index (χ4v) is 1.99. The molecule has 0 atom stereocenters. The molecule has 1 aromatic heterocycles. The number of halogens is 1. The number of thiocarbonyl (C=S) groups is 1. The molecule has 98 valence electrons. The molecule has 0 spiro atoms. The van der Waals surface area contributed by atoms with Crippen molar-refractivity contribution in [3.8, 4) is 6.01 Å². The van der Waals surface area contributed by atoms with Gasteiger partial charge in [0.2, 0.25) is 0 Å². The summed E-state index contributed by atoms with van der Waals surface area (Å²) in [6.07, 6.45) is 0. The zero-order valence-corrected chi connectivity index (χ0v) is 12.7. The topological polar surface area (TPSA) is 61.0 Å². The predicted molar refractivity (Wildman–Crippen MR) is 81.1 cm³/mol. The molecule has 0 saturated heterocycles. The summed E-state index contributed by atoms with van der Waals surface area (Å²) in [4.78, 5) is 8.59. The van der Waals surface area contributed by atoms with Gasteiger partial charge in [-0.1, -0.05) is 46.3 Å². The van der Waals surface area contributed by atoms with Crippen molar-refractivity contribution >= 4 is 33.1 Å². The molecule has 0 fully saturated rings. The molecule has 0 unspecified atom stereocenters. The zero-order valence-electron chi connectivity index (χ0n) is 10.3. The van der Waals surface area contributed by atoms with Crippen LogP contribution in [0.4, 0.5) is 0 Å². The Morgan fingerprint density at radius 1 is 1.37 bits per heavy atom. The van der Waals surface area contributed by atoms with E-state index >= 15 is 0 Å². The Morgan fingerprint density at radius 2 is 2.11 bits per heavy atom. The van der Waals surface area contributed by atoms with E-state index in [4.69, 9.17) is 22.7 Å². The first kappa shape index (κ1) is 13.9. The number of rotatable bonds is 4. The number of hydrogen-bond acceptors (Lipinski definition) is 4. The summed E-state index contributed by atoms with van der Waals surface area (Å²) >= 11 is 8.36. The van der Waals surface area contributed by atoms with Crippen LogP contribution in [0.15, 0.2) is 34.8 Å². The average Bonchev–Trinajstić information content (AvgIpc) is 2.37. The highest BCUT2D eigenvalue weighted by Gasteiger charge is 2.06. The van der Waals surface area contributed by atoms with Gasteiger partial charge in [0.1, 0.15) is 17.3 Å². The molecule has 2 N–H and O–H groups in total. The third-order valence-electron chi connectivity index (χ3n) is 2.40.